The van der Waals surface area contributed by atoms with Gasteiger partial charge in [-0.1, -0.05) is 11.6 Å². The Morgan fingerprint density at radius 3 is 2.35 bits per heavy atom. The number of oxazole rings is 1. The Morgan fingerprint density at radius 1 is 1.08 bits per heavy atom. The van der Waals surface area contributed by atoms with Crippen LogP contribution in [0.15, 0.2) is 51.9 Å². The fourth-order valence-electron chi connectivity index (χ4n) is 3.61. The van der Waals surface area contributed by atoms with E-state index in [0.29, 0.717) is 29.6 Å². The molecule has 0 radical (unpaired) electrons. The molecule has 1 amide bonds. The second-order valence-corrected chi connectivity index (χ2v) is 10.6. The molecule has 0 aliphatic heterocycles. The van der Waals surface area contributed by atoms with E-state index in [1.807, 2.05) is 19.0 Å². The minimum absolute atomic E-state index is 0.0874. The zero-order valence-electron chi connectivity index (χ0n) is 21.7. The number of rotatable bonds is 11. The SMILES string of the molecule is CCN(Cc1ncc(C)o1)C(=O)CN(c1cc(N(C)C)ccc1Cl)S(=O)(=O)c1ccc(OC)c(OC)c1. The summed E-state index contributed by atoms with van der Waals surface area (Å²) in [5, 5.41) is 0.175. The normalized spacial score (nSPS) is 11.2. The van der Waals surface area contributed by atoms with Gasteiger partial charge >= 0.3 is 0 Å². The molecule has 1 aromatic heterocycles. The number of hydrogen-bond donors (Lipinski definition) is 0. The maximum Gasteiger partial charge on any atom is 0.264 e. The fourth-order valence-corrected chi connectivity index (χ4v) is 5.32. The monoisotopic (exact) mass is 550 g/mol. The van der Waals surface area contributed by atoms with E-state index >= 15 is 0 Å². The lowest BCUT2D eigenvalue weighted by Gasteiger charge is -2.29. The van der Waals surface area contributed by atoms with Gasteiger partial charge in [0.1, 0.15) is 12.3 Å². The van der Waals surface area contributed by atoms with Crippen LogP contribution in [0.25, 0.3) is 0 Å². The molecule has 3 aromatic rings. The number of likely N-dealkylation sites (N-methyl/N-ethyl adjacent to an activating group) is 1. The van der Waals surface area contributed by atoms with Crippen molar-refractivity contribution < 1.29 is 27.1 Å². The van der Waals surface area contributed by atoms with Gasteiger partial charge in [-0.05, 0) is 44.2 Å². The molecular weight excluding hydrogens is 520 g/mol. The van der Waals surface area contributed by atoms with Gasteiger partial charge in [0.2, 0.25) is 11.8 Å². The average Bonchev–Trinajstić information content (AvgIpc) is 3.29. The molecule has 0 aliphatic carbocycles. The Morgan fingerprint density at radius 2 is 1.78 bits per heavy atom. The van der Waals surface area contributed by atoms with Gasteiger partial charge in [-0.2, -0.15) is 0 Å². The fraction of sp³-hybridized carbons (Fsp3) is 0.360. The number of nitrogens with zero attached hydrogens (tertiary/aromatic N) is 4. The second kappa shape index (κ2) is 11.7. The Labute approximate surface area is 222 Å². The van der Waals surface area contributed by atoms with Crippen LogP contribution in [0.5, 0.6) is 11.5 Å². The third-order valence-electron chi connectivity index (χ3n) is 5.67. The molecule has 10 nitrogen and oxygen atoms in total. The van der Waals surface area contributed by atoms with Crippen LogP contribution in [0.1, 0.15) is 18.6 Å². The molecule has 0 spiro atoms. The molecule has 200 valence electrons. The highest BCUT2D eigenvalue weighted by atomic mass is 35.5. The summed E-state index contributed by atoms with van der Waals surface area (Å²) < 4.78 is 45.1. The summed E-state index contributed by atoms with van der Waals surface area (Å²) in [7, 11) is 2.24. The van der Waals surface area contributed by atoms with Crippen LogP contribution < -0.4 is 18.7 Å². The third kappa shape index (κ3) is 6.28. The number of amides is 1. The molecule has 0 atom stereocenters. The Kier molecular flexibility index (Phi) is 8.93. The summed E-state index contributed by atoms with van der Waals surface area (Å²) in [6.45, 7) is 3.46. The molecule has 0 bridgehead atoms. The van der Waals surface area contributed by atoms with Gasteiger partial charge in [-0.25, -0.2) is 13.4 Å². The van der Waals surface area contributed by atoms with Crippen molar-refractivity contribution in [1.82, 2.24) is 9.88 Å². The smallest absolute Gasteiger partial charge is 0.264 e. The van der Waals surface area contributed by atoms with E-state index in [4.69, 9.17) is 25.5 Å². The molecular formula is C25H31ClN4O6S. The molecule has 0 saturated heterocycles. The number of aryl methyl sites for hydroxylation is 1. The molecule has 0 unspecified atom stereocenters. The minimum atomic E-state index is -4.27. The molecule has 0 N–H and O–H groups in total. The predicted octanol–water partition coefficient (Wildman–Crippen LogP) is 3.96. The third-order valence-corrected chi connectivity index (χ3v) is 7.74. The predicted molar refractivity (Wildman–Crippen MR) is 142 cm³/mol. The number of sulfonamides is 1. The van der Waals surface area contributed by atoms with Crippen molar-refractivity contribution in [1.29, 1.82) is 0 Å². The van der Waals surface area contributed by atoms with Crippen molar-refractivity contribution in [2.45, 2.75) is 25.3 Å². The van der Waals surface area contributed by atoms with Crippen LogP contribution in [0, 0.1) is 6.92 Å². The highest BCUT2D eigenvalue weighted by Gasteiger charge is 2.31. The van der Waals surface area contributed by atoms with Crippen LogP contribution in [-0.2, 0) is 21.4 Å². The van der Waals surface area contributed by atoms with Crippen molar-refractivity contribution in [3.63, 3.8) is 0 Å². The number of methoxy groups -OCH3 is 2. The first kappa shape index (κ1) is 28.1. The zero-order chi connectivity index (χ0) is 27.3. The van der Waals surface area contributed by atoms with Gasteiger partial charge in [0.15, 0.2) is 11.5 Å². The quantitative estimate of drug-likeness (QED) is 0.353. The molecule has 0 saturated carbocycles. The number of carbonyl (C=O) groups excluding carboxylic acids is 1. The zero-order valence-corrected chi connectivity index (χ0v) is 23.3. The van der Waals surface area contributed by atoms with Crippen molar-refractivity contribution in [3.05, 3.63) is 59.3 Å². The molecule has 0 aliphatic rings. The Hall–Kier alpha value is -3.44. The van der Waals surface area contributed by atoms with Crippen LogP contribution >= 0.6 is 11.6 Å². The average molecular weight is 551 g/mol. The molecule has 1 heterocycles. The van der Waals surface area contributed by atoms with Crippen LogP contribution in [0.3, 0.4) is 0 Å². The number of benzene rings is 2. The summed E-state index contributed by atoms with van der Waals surface area (Å²) in [5.41, 5.74) is 0.876. The molecule has 37 heavy (non-hydrogen) atoms. The number of hydrogen-bond acceptors (Lipinski definition) is 8. The number of ether oxygens (including phenoxy) is 2. The maximum atomic E-state index is 14.0. The summed E-state index contributed by atoms with van der Waals surface area (Å²) >= 11 is 6.51. The number of aromatic nitrogens is 1. The second-order valence-electron chi connectivity index (χ2n) is 8.33. The van der Waals surface area contributed by atoms with Crippen molar-refractivity contribution in [2.75, 3.05) is 50.6 Å². The van der Waals surface area contributed by atoms with E-state index in [0.717, 1.165) is 4.31 Å². The van der Waals surface area contributed by atoms with Crippen molar-refractivity contribution in [2.24, 2.45) is 0 Å². The standard InChI is InChI=1S/C25H31ClN4O6S/c1-7-29(15-24-27-14-17(2)36-24)25(31)16-30(21-12-18(28(3)4)8-10-20(21)26)37(32,33)19-9-11-22(34-5)23(13-19)35-6/h8-14H,7,15-16H2,1-6H3. The van der Waals surface area contributed by atoms with E-state index in [1.54, 1.807) is 38.2 Å². The van der Waals surface area contributed by atoms with Crippen LogP contribution in [-0.4, -0.2) is 65.6 Å². The highest BCUT2D eigenvalue weighted by Crippen LogP contribution is 2.36. The minimum Gasteiger partial charge on any atom is -0.493 e. The summed E-state index contributed by atoms with van der Waals surface area (Å²) in [5.74, 6) is 1.12. The first-order valence-corrected chi connectivity index (χ1v) is 13.2. The Bertz CT molecular complexity index is 1360. The molecule has 12 heteroatoms. The lowest BCUT2D eigenvalue weighted by Crippen LogP contribution is -2.43. The van der Waals surface area contributed by atoms with Crippen molar-refractivity contribution >= 4 is 38.9 Å². The van der Waals surface area contributed by atoms with E-state index in [1.165, 1.54) is 37.3 Å². The molecule has 2 aromatic carbocycles. The summed E-state index contributed by atoms with van der Waals surface area (Å²) in [4.78, 5) is 20.8. The van der Waals surface area contributed by atoms with E-state index in [2.05, 4.69) is 4.98 Å². The highest BCUT2D eigenvalue weighted by molar-refractivity contribution is 7.92. The molecule has 0 fully saturated rings. The van der Waals surface area contributed by atoms with Gasteiger partial charge in [0, 0.05) is 32.4 Å². The molecule has 3 rings (SSSR count). The van der Waals surface area contributed by atoms with Gasteiger partial charge in [-0.3, -0.25) is 9.10 Å². The Balaban J connectivity index is 2.09. The summed E-state index contributed by atoms with van der Waals surface area (Å²) in [6.07, 6.45) is 1.56. The number of halogens is 1. The van der Waals surface area contributed by atoms with E-state index in [-0.39, 0.29) is 27.9 Å². The van der Waals surface area contributed by atoms with Crippen LogP contribution in [0.4, 0.5) is 11.4 Å². The largest absolute Gasteiger partial charge is 0.493 e. The van der Waals surface area contributed by atoms with Gasteiger partial charge in [0.25, 0.3) is 10.0 Å². The lowest BCUT2D eigenvalue weighted by atomic mass is 10.2. The van der Waals surface area contributed by atoms with Gasteiger partial charge < -0.3 is 23.7 Å². The first-order chi connectivity index (χ1) is 17.5. The van der Waals surface area contributed by atoms with E-state index in [9.17, 15) is 13.2 Å². The first-order valence-electron chi connectivity index (χ1n) is 11.4. The van der Waals surface area contributed by atoms with E-state index < -0.39 is 22.5 Å². The number of carbonyl (C=O) groups is 1. The van der Waals surface area contributed by atoms with Gasteiger partial charge in [0.05, 0.1) is 42.6 Å². The van der Waals surface area contributed by atoms with Crippen LogP contribution in [0.2, 0.25) is 5.02 Å². The maximum absolute atomic E-state index is 14.0. The topological polar surface area (TPSA) is 105 Å². The lowest BCUT2D eigenvalue weighted by molar-refractivity contribution is -0.130. The van der Waals surface area contributed by atoms with Crippen molar-refractivity contribution in [3.8, 4) is 11.5 Å². The summed E-state index contributed by atoms with van der Waals surface area (Å²) in [6, 6.07) is 9.22. The van der Waals surface area contributed by atoms with Gasteiger partial charge in [-0.15, -0.1) is 0 Å². The number of anilines is 2.